The number of hydrogen-bond donors (Lipinski definition) is 1. The number of sulfone groups is 2. The predicted molar refractivity (Wildman–Crippen MR) is 260 cm³/mol. The number of thiol groups is 1. The molecule has 0 atom stereocenters. The molecule has 0 radical (unpaired) electrons. The number of aromatic nitrogens is 9. The molecule has 66 heavy (non-hydrogen) atoms. The molecule has 0 unspecified atom stereocenters. The second-order valence-electron chi connectivity index (χ2n) is 15.3. The first-order valence-corrected chi connectivity index (χ1v) is 25.1. The molecule has 11 rings (SSSR count). The van der Waals surface area contributed by atoms with Crippen molar-refractivity contribution >= 4 is 76.8 Å². The summed E-state index contributed by atoms with van der Waals surface area (Å²) in [6.45, 7) is 0. The van der Waals surface area contributed by atoms with Gasteiger partial charge in [0.1, 0.15) is 9.79 Å². The van der Waals surface area contributed by atoms with E-state index in [-0.39, 0.29) is 14.7 Å². The van der Waals surface area contributed by atoms with Gasteiger partial charge in [0.05, 0.1) is 49.8 Å². The minimum atomic E-state index is -3.57. The molecule has 0 bridgehead atoms. The van der Waals surface area contributed by atoms with Crippen molar-refractivity contribution in [3.8, 4) is 0 Å². The molecular weight excluding hydrogens is 907 g/mol. The number of fused-ring (bicyclic) bond motifs is 4. The molecule has 0 saturated heterocycles. The van der Waals surface area contributed by atoms with E-state index in [4.69, 9.17) is 0 Å². The zero-order valence-electron chi connectivity index (χ0n) is 36.2. The monoisotopic (exact) mass is 951 g/mol. The molecule has 4 aromatic carbocycles. The SMILES string of the molecule is Cn1cc(S(=O)(=O)c2cccc3c2CCCC3)cn1.Cn1cc(S(=O)(=O)c2cccc3ncccc23)cn1.Cn1cc(Sc2cccc3ncccc23)cn1.Sc1cccc2ncccc12. The summed E-state index contributed by atoms with van der Waals surface area (Å²) in [6, 6.07) is 34.2. The maximum Gasteiger partial charge on any atom is 0.210 e. The molecule has 13 nitrogen and oxygen atoms in total. The zero-order valence-corrected chi connectivity index (χ0v) is 39.6. The van der Waals surface area contributed by atoms with Crippen molar-refractivity contribution in [3.05, 3.63) is 176 Å². The lowest BCUT2D eigenvalue weighted by Gasteiger charge is -2.18. The van der Waals surface area contributed by atoms with E-state index in [0.29, 0.717) is 15.8 Å². The molecule has 6 heterocycles. The Morgan fingerprint density at radius 1 is 0.515 bits per heavy atom. The number of rotatable bonds is 6. The highest BCUT2D eigenvalue weighted by molar-refractivity contribution is 7.99. The molecule has 0 spiro atoms. The van der Waals surface area contributed by atoms with Crippen molar-refractivity contribution in [2.75, 3.05) is 0 Å². The fourth-order valence-electron chi connectivity index (χ4n) is 7.47. The van der Waals surface area contributed by atoms with Gasteiger partial charge in [0.25, 0.3) is 0 Å². The Balaban J connectivity index is 0.000000122. The van der Waals surface area contributed by atoms with Crippen LogP contribution < -0.4 is 0 Å². The Morgan fingerprint density at radius 2 is 1.02 bits per heavy atom. The highest BCUT2D eigenvalue weighted by Gasteiger charge is 2.25. The van der Waals surface area contributed by atoms with Gasteiger partial charge >= 0.3 is 0 Å². The maximum atomic E-state index is 12.7. The molecule has 17 heteroatoms. The summed E-state index contributed by atoms with van der Waals surface area (Å²) in [6.07, 6.45) is 19.0. The first kappa shape index (κ1) is 45.9. The van der Waals surface area contributed by atoms with E-state index in [2.05, 4.69) is 55.0 Å². The molecule has 6 aromatic heterocycles. The second kappa shape index (κ2) is 20.2. The van der Waals surface area contributed by atoms with Crippen LogP contribution in [0.1, 0.15) is 24.0 Å². The molecule has 0 fully saturated rings. The largest absolute Gasteiger partial charge is 0.275 e. The number of benzene rings is 4. The summed E-state index contributed by atoms with van der Waals surface area (Å²) in [5, 5.41) is 15.0. The Hall–Kier alpha value is -6.66. The van der Waals surface area contributed by atoms with Gasteiger partial charge in [0.2, 0.25) is 19.7 Å². The minimum absolute atomic E-state index is 0.186. The summed E-state index contributed by atoms with van der Waals surface area (Å²) in [5.41, 5.74) is 4.86. The van der Waals surface area contributed by atoms with E-state index < -0.39 is 19.7 Å². The third-order valence-electron chi connectivity index (χ3n) is 10.7. The number of pyridine rings is 3. The van der Waals surface area contributed by atoms with E-state index in [1.807, 2.05) is 91.0 Å². The van der Waals surface area contributed by atoms with Crippen LogP contribution in [0, 0.1) is 0 Å². The molecule has 1 aliphatic carbocycles. The van der Waals surface area contributed by atoms with Crippen LogP contribution in [0.4, 0.5) is 0 Å². The third-order valence-corrected chi connectivity index (χ3v) is 15.6. The minimum Gasteiger partial charge on any atom is -0.275 e. The smallest absolute Gasteiger partial charge is 0.210 e. The van der Waals surface area contributed by atoms with Crippen molar-refractivity contribution in [1.29, 1.82) is 0 Å². The zero-order chi connectivity index (χ0) is 46.3. The van der Waals surface area contributed by atoms with E-state index in [1.165, 1.54) is 43.8 Å². The lowest BCUT2D eigenvalue weighted by Crippen LogP contribution is -2.11. The van der Waals surface area contributed by atoms with Crippen LogP contribution in [-0.4, -0.2) is 61.1 Å². The van der Waals surface area contributed by atoms with Crippen LogP contribution in [0.15, 0.2) is 199 Å². The van der Waals surface area contributed by atoms with Gasteiger partial charge in [0.15, 0.2) is 0 Å². The normalized spacial score (nSPS) is 12.3. The van der Waals surface area contributed by atoms with Crippen LogP contribution in [0.25, 0.3) is 32.7 Å². The molecule has 0 aliphatic heterocycles. The Bertz CT molecular complexity index is 3520. The van der Waals surface area contributed by atoms with Crippen LogP contribution in [0.3, 0.4) is 0 Å². The van der Waals surface area contributed by atoms with Gasteiger partial charge < -0.3 is 0 Å². The van der Waals surface area contributed by atoms with Gasteiger partial charge in [-0.1, -0.05) is 54.2 Å². The average molecular weight is 952 g/mol. The fraction of sp³-hybridized carbons (Fsp3) is 0.143. The van der Waals surface area contributed by atoms with E-state index in [0.717, 1.165) is 57.5 Å². The van der Waals surface area contributed by atoms with Crippen molar-refractivity contribution in [2.24, 2.45) is 21.1 Å². The van der Waals surface area contributed by atoms with E-state index in [9.17, 15) is 16.8 Å². The first-order valence-electron chi connectivity index (χ1n) is 20.8. The number of aryl methyl sites for hydroxylation is 4. The fourth-order valence-corrected chi connectivity index (χ4v) is 11.7. The van der Waals surface area contributed by atoms with Crippen molar-refractivity contribution < 1.29 is 16.8 Å². The quantitative estimate of drug-likeness (QED) is 0.158. The van der Waals surface area contributed by atoms with Gasteiger partial charge in [-0.3, -0.25) is 29.0 Å². The lowest BCUT2D eigenvalue weighted by molar-refractivity contribution is 0.591. The van der Waals surface area contributed by atoms with Crippen molar-refractivity contribution in [2.45, 2.75) is 60.0 Å². The van der Waals surface area contributed by atoms with Crippen molar-refractivity contribution in [1.82, 2.24) is 44.3 Å². The molecule has 0 amide bonds. The standard InChI is InChI=1S/C14H16N2O2S.C13H11N3O2S.C13H11N3S.C9H7NS/c1-16-10-12(9-15-16)19(17,18)14-8-4-6-11-5-2-3-7-13(11)14;1-16-9-10(8-15-16)19(17,18)13-6-2-5-12-11(13)4-3-7-14-12;1-16-9-10(8-15-16)17-13-6-2-5-12-11(13)4-3-7-14-12;11-9-5-1-4-8-7(9)3-2-6-10-8/h4,6,8-10H,2-3,5,7H2,1H3;2-9H,1H3;2-9H,1H3;1-6,11H. The predicted octanol–water partition coefficient (Wildman–Crippen LogP) is 9.58. The summed E-state index contributed by atoms with van der Waals surface area (Å²) in [5.74, 6) is 0. The topological polar surface area (TPSA) is 160 Å². The summed E-state index contributed by atoms with van der Waals surface area (Å²) < 4.78 is 55.3. The maximum absolute atomic E-state index is 12.7. The second-order valence-corrected chi connectivity index (χ2v) is 20.7. The first-order chi connectivity index (χ1) is 31.9. The van der Waals surface area contributed by atoms with Gasteiger partial charge in [-0.2, -0.15) is 15.3 Å². The highest BCUT2D eigenvalue weighted by atomic mass is 32.2. The Labute approximate surface area is 392 Å². The van der Waals surface area contributed by atoms with Crippen LogP contribution in [-0.2, 0) is 53.7 Å². The Kier molecular flexibility index (Phi) is 14.1. The molecule has 10 aromatic rings. The molecule has 0 N–H and O–H groups in total. The van der Waals surface area contributed by atoms with Gasteiger partial charge in [-0.25, -0.2) is 16.8 Å². The molecule has 0 saturated carbocycles. The lowest BCUT2D eigenvalue weighted by atomic mass is 9.92. The van der Waals surface area contributed by atoms with E-state index >= 15 is 0 Å². The van der Waals surface area contributed by atoms with E-state index in [1.54, 1.807) is 80.8 Å². The molecule has 334 valence electrons. The van der Waals surface area contributed by atoms with Crippen LogP contribution in [0.2, 0.25) is 0 Å². The number of hydrogen-bond acceptors (Lipinski definition) is 12. The third kappa shape index (κ3) is 10.4. The molecular formula is C49H45N9O4S4. The summed E-state index contributed by atoms with van der Waals surface area (Å²) >= 11 is 6.02. The Morgan fingerprint density at radius 3 is 1.62 bits per heavy atom. The highest BCUT2D eigenvalue weighted by Crippen LogP contribution is 2.33. The summed E-state index contributed by atoms with van der Waals surface area (Å²) in [4.78, 5) is 17.2. The summed E-state index contributed by atoms with van der Waals surface area (Å²) in [7, 11) is -1.68. The molecule has 1 aliphatic rings. The van der Waals surface area contributed by atoms with Crippen LogP contribution in [0.5, 0.6) is 0 Å². The number of nitrogens with zero attached hydrogens (tertiary/aromatic N) is 9. The van der Waals surface area contributed by atoms with Crippen molar-refractivity contribution in [3.63, 3.8) is 0 Å². The van der Waals surface area contributed by atoms with Crippen LogP contribution >= 0.6 is 24.4 Å². The average Bonchev–Trinajstić information content (AvgIpc) is 4.11. The van der Waals surface area contributed by atoms with Gasteiger partial charge in [0, 0.05) is 84.3 Å². The van der Waals surface area contributed by atoms with Gasteiger partial charge in [-0.05, 0) is 104 Å². The van der Waals surface area contributed by atoms with Gasteiger partial charge in [-0.15, -0.1) is 12.6 Å².